The van der Waals surface area contributed by atoms with Crippen molar-refractivity contribution in [3.05, 3.63) is 48.0 Å². The Morgan fingerprint density at radius 3 is 2.95 bits per heavy atom. The lowest BCUT2D eigenvalue weighted by Gasteiger charge is -2.16. The zero-order valence-electron chi connectivity index (χ0n) is 12.4. The van der Waals surface area contributed by atoms with Gasteiger partial charge in [-0.1, -0.05) is 30.3 Å². The van der Waals surface area contributed by atoms with Crippen LogP contribution in [0.15, 0.2) is 41.1 Å². The van der Waals surface area contributed by atoms with E-state index in [9.17, 15) is 0 Å². The van der Waals surface area contributed by atoms with E-state index in [4.69, 9.17) is 4.42 Å². The highest BCUT2D eigenvalue weighted by molar-refractivity contribution is 5.81. The normalized spacial score (nSPS) is 12.9. The number of hydrogen-bond donors (Lipinski definition) is 1. The maximum Gasteiger partial charge on any atom is 0.134 e. The molecule has 21 heavy (non-hydrogen) atoms. The highest BCUT2D eigenvalue weighted by Gasteiger charge is 2.18. The standard InChI is InChI=1S/C16H20N4O/c1-3-8-17-15(9-12-10-20(2)19-18-12)14-11-21-16-7-5-4-6-13(14)16/h4-7,10-11,15,17H,3,8-9H2,1-2H3. The number of rotatable bonds is 6. The summed E-state index contributed by atoms with van der Waals surface area (Å²) in [7, 11) is 1.89. The zero-order valence-corrected chi connectivity index (χ0v) is 12.4. The summed E-state index contributed by atoms with van der Waals surface area (Å²) < 4.78 is 7.41. The molecule has 0 aliphatic rings. The third-order valence-electron chi connectivity index (χ3n) is 3.59. The predicted molar refractivity (Wildman–Crippen MR) is 82.0 cm³/mol. The van der Waals surface area contributed by atoms with Crippen molar-refractivity contribution in [2.45, 2.75) is 25.8 Å². The maximum atomic E-state index is 5.67. The first-order valence-corrected chi connectivity index (χ1v) is 7.32. The van der Waals surface area contributed by atoms with Gasteiger partial charge in [0.2, 0.25) is 0 Å². The Hall–Kier alpha value is -2.14. The second-order valence-electron chi connectivity index (χ2n) is 5.28. The number of hydrogen-bond acceptors (Lipinski definition) is 4. The van der Waals surface area contributed by atoms with Crippen LogP contribution in [-0.2, 0) is 13.5 Å². The minimum absolute atomic E-state index is 0.185. The Bertz CT molecular complexity index is 716. The number of benzene rings is 1. The highest BCUT2D eigenvalue weighted by Crippen LogP contribution is 2.28. The van der Waals surface area contributed by atoms with Crippen molar-refractivity contribution in [3.63, 3.8) is 0 Å². The molecule has 1 aromatic carbocycles. The van der Waals surface area contributed by atoms with Crippen molar-refractivity contribution in [2.24, 2.45) is 7.05 Å². The number of fused-ring (bicyclic) bond motifs is 1. The number of nitrogens with one attached hydrogen (secondary N) is 1. The molecule has 1 unspecified atom stereocenters. The minimum atomic E-state index is 0.185. The van der Waals surface area contributed by atoms with Gasteiger partial charge >= 0.3 is 0 Å². The molecular weight excluding hydrogens is 264 g/mol. The minimum Gasteiger partial charge on any atom is -0.464 e. The van der Waals surface area contributed by atoms with Crippen molar-refractivity contribution in [3.8, 4) is 0 Å². The van der Waals surface area contributed by atoms with Gasteiger partial charge in [-0.3, -0.25) is 4.68 Å². The first kappa shape index (κ1) is 13.8. The fourth-order valence-corrected chi connectivity index (χ4v) is 2.58. The molecular formula is C16H20N4O. The van der Waals surface area contributed by atoms with E-state index in [-0.39, 0.29) is 6.04 Å². The third-order valence-corrected chi connectivity index (χ3v) is 3.59. The Labute approximate surface area is 123 Å². The van der Waals surface area contributed by atoms with Crippen molar-refractivity contribution >= 4 is 11.0 Å². The van der Waals surface area contributed by atoms with E-state index in [0.717, 1.165) is 36.0 Å². The smallest absolute Gasteiger partial charge is 0.134 e. The van der Waals surface area contributed by atoms with E-state index in [2.05, 4.69) is 28.6 Å². The maximum absolute atomic E-state index is 5.67. The van der Waals surface area contributed by atoms with Crippen molar-refractivity contribution in [2.75, 3.05) is 6.54 Å². The topological polar surface area (TPSA) is 55.9 Å². The molecule has 0 aliphatic carbocycles. The molecule has 0 saturated carbocycles. The summed E-state index contributed by atoms with van der Waals surface area (Å²) in [5.74, 6) is 0. The molecule has 2 aromatic heterocycles. The first-order chi connectivity index (χ1) is 10.3. The summed E-state index contributed by atoms with van der Waals surface area (Å²) in [6.07, 6.45) is 5.71. The quantitative estimate of drug-likeness (QED) is 0.756. The van der Waals surface area contributed by atoms with E-state index in [0.29, 0.717) is 0 Å². The second kappa shape index (κ2) is 6.10. The average molecular weight is 284 g/mol. The van der Waals surface area contributed by atoms with Crippen LogP contribution in [0.4, 0.5) is 0 Å². The summed E-state index contributed by atoms with van der Waals surface area (Å²) in [6, 6.07) is 8.32. The molecule has 3 rings (SSSR count). The molecule has 110 valence electrons. The molecule has 0 radical (unpaired) electrons. The van der Waals surface area contributed by atoms with Crippen LogP contribution < -0.4 is 5.32 Å². The lowest BCUT2D eigenvalue weighted by atomic mass is 10.0. The Balaban J connectivity index is 1.91. The lowest BCUT2D eigenvalue weighted by molar-refractivity contribution is 0.515. The van der Waals surface area contributed by atoms with Gasteiger partial charge in [0, 0.05) is 36.7 Å². The number of nitrogens with zero attached hydrogens (tertiary/aromatic N) is 3. The summed E-state index contributed by atoms with van der Waals surface area (Å²) >= 11 is 0. The molecule has 5 nitrogen and oxygen atoms in total. The van der Waals surface area contributed by atoms with Crippen molar-refractivity contribution < 1.29 is 4.42 Å². The van der Waals surface area contributed by atoms with E-state index in [1.54, 1.807) is 4.68 Å². The fraction of sp³-hybridized carbons (Fsp3) is 0.375. The van der Waals surface area contributed by atoms with Crippen LogP contribution in [-0.4, -0.2) is 21.5 Å². The van der Waals surface area contributed by atoms with Gasteiger partial charge in [0.25, 0.3) is 0 Å². The number of para-hydroxylation sites is 1. The molecule has 1 N–H and O–H groups in total. The summed E-state index contributed by atoms with van der Waals surface area (Å²) in [6.45, 7) is 3.13. The van der Waals surface area contributed by atoms with E-state index >= 15 is 0 Å². The largest absolute Gasteiger partial charge is 0.464 e. The van der Waals surface area contributed by atoms with Crippen LogP contribution in [0.1, 0.15) is 30.6 Å². The van der Waals surface area contributed by atoms with E-state index in [1.165, 1.54) is 5.56 Å². The monoisotopic (exact) mass is 284 g/mol. The summed E-state index contributed by atoms with van der Waals surface area (Å²) in [4.78, 5) is 0. The zero-order chi connectivity index (χ0) is 14.7. The summed E-state index contributed by atoms with van der Waals surface area (Å²) in [5.41, 5.74) is 3.09. The van der Waals surface area contributed by atoms with Crippen LogP contribution in [0.25, 0.3) is 11.0 Å². The second-order valence-corrected chi connectivity index (χ2v) is 5.28. The number of aromatic nitrogens is 3. The van der Waals surface area contributed by atoms with Gasteiger partial charge in [0.15, 0.2) is 0 Å². The van der Waals surface area contributed by atoms with E-state index < -0.39 is 0 Å². The molecule has 0 aliphatic heterocycles. The molecule has 0 fully saturated rings. The molecule has 0 bridgehead atoms. The van der Waals surface area contributed by atoms with Crippen LogP contribution in [0.3, 0.4) is 0 Å². The van der Waals surface area contributed by atoms with Gasteiger partial charge in [-0.15, -0.1) is 5.10 Å². The van der Waals surface area contributed by atoms with Crippen LogP contribution in [0.5, 0.6) is 0 Å². The number of furan rings is 1. The van der Waals surface area contributed by atoms with Crippen LogP contribution >= 0.6 is 0 Å². The highest BCUT2D eigenvalue weighted by atomic mass is 16.3. The first-order valence-electron chi connectivity index (χ1n) is 7.32. The van der Waals surface area contributed by atoms with Crippen molar-refractivity contribution in [1.29, 1.82) is 0 Å². The van der Waals surface area contributed by atoms with Gasteiger partial charge in [-0.05, 0) is 19.0 Å². The van der Waals surface area contributed by atoms with Gasteiger partial charge in [-0.25, -0.2) is 0 Å². The van der Waals surface area contributed by atoms with Crippen LogP contribution in [0.2, 0.25) is 0 Å². The molecule has 1 atom stereocenters. The lowest BCUT2D eigenvalue weighted by Crippen LogP contribution is -2.24. The van der Waals surface area contributed by atoms with Gasteiger partial charge in [0.1, 0.15) is 5.58 Å². The van der Waals surface area contributed by atoms with Gasteiger partial charge in [-0.2, -0.15) is 0 Å². The number of aryl methyl sites for hydroxylation is 1. The van der Waals surface area contributed by atoms with Gasteiger partial charge < -0.3 is 9.73 Å². The molecule has 0 saturated heterocycles. The molecule has 5 heteroatoms. The molecule has 0 amide bonds. The SMILES string of the molecule is CCCNC(Cc1cn(C)nn1)c1coc2ccccc12. The molecule has 3 aromatic rings. The predicted octanol–water partition coefficient (Wildman–Crippen LogP) is 2.84. The Morgan fingerprint density at radius 1 is 1.33 bits per heavy atom. The Kier molecular flexibility index (Phi) is 4.01. The van der Waals surface area contributed by atoms with Crippen LogP contribution in [0, 0.1) is 0 Å². The van der Waals surface area contributed by atoms with Crippen molar-refractivity contribution in [1.82, 2.24) is 20.3 Å². The Morgan fingerprint density at radius 2 is 2.19 bits per heavy atom. The molecule has 2 heterocycles. The molecule has 0 spiro atoms. The van der Waals surface area contributed by atoms with E-state index in [1.807, 2.05) is 37.7 Å². The fourth-order valence-electron chi connectivity index (χ4n) is 2.58. The average Bonchev–Trinajstić information content (AvgIpc) is 3.09. The third kappa shape index (κ3) is 2.97. The van der Waals surface area contributed by atoms with Gasteiger partial charge in [0.05, 0.1) is 12.0 Å². The summed E-state index contributed by atoms with van der Waals surface area (Å²) in [5, 5.41) is 13.0.